The van der Waals surface area contributed by atoms with Gasteiger partial charge in [-0.2, -0.15) is 13.2 Å². The summed E-state index contributed by atoms with van der Waals surface area (Å²) in [6.07, 6.45) is -2.73. The molecule has 118 valence electrons. The van der Waals surface area contributed by atoms with Crippen molar-refractivity contribution in [2.24, 2.45) is 0 Å². The number of halogens is 3. The molecule has 0 bridgehead atoms. The number of nitrogens with zero attached hydrogens (tertiary/aromatic N) is 1. The van der Waals surface area contributed by atoms with E-state index in [-0.39, 0.29) is 5.75 Å². The second kappa shape index (κ2) is 5.44. The molecule has 1 fully saturated rings. The maximum Gasteiger partial charge on any atom is 0.422 e. The van der Waals surface area contributed by atoms with E-state index in [0.717, 1.165) is 5.01 Å². The standard InChI is InChI=1S/C14H12F3NO3S/c1-19-11-3-2-9(20-8-14(15,16)17)6-10(11)13(7-21-13)12-18-4-5-22-12/h2-6H,7-8H2,1H3. The molecule has 0 radical (unpaired) electrons. The van der Waals surface area contributed by atoms with Gasteiger partial charge in [0, 0.05) is 17.1 Å². The molecule has 1 unspecified atom stereocenters. The number of aromatic nitrogens is 1. The molecule has 1 aliphatic heterocycles. The minimum absolute atomic E-state index is 0.111. The SMILES string of the molecule is COc1ccc(OCC(F)(F)F)cc1C1(c2nccs2)CO1. The summed E-state index contributed by atoms with van der Waals surface area (Å²) < 4.78 is 52.5. The number of epoxide rings is 1. The Bertz CT molecular complexity index is 654. The van der Waals surface area contributed by atoms with Crippen molar-refractivity contribution in [1.82, 2.24) is 4.98 Å². The van der Waals surface area contributed by atoms with Gasteiger partial charge in [-0.15, -0.1) is 11.3 Å². The maximum absolute atomic E-state index is 12.3. The van der Waals surface area contributed by atoms with Crippen molar-refractivity contribution in [2.45, 2.75) is 11.8 Å². The van der Waals surface area contributed by atoms with Gasteiger partial charge in [0.2, 0.25) is 0 Å². The third-order valence-corrected chi connectivity index (χ3v) is 4.14. The average Bonchev–Trinajstić information content (AvgIpc) is 3.10. The van der Waals surface area contributed by atoms with Crippen LogP contribution in [0.15, 0.2) is 29.8 Å². The van der Waals surface area contributed by atoms with Crippen molar-refractivity contribution in [3.8, 4) is 11.5 Å². The quantitative estimate of drug-likeness (QED) is 0.788. The van der Waals surface area contributed by atoms with Crippen LogP contribution in [-0.2, 0) is 10.3 Å². The first-order chi connectivity index (χ1) is 10.4. The van der Waals surface area contributed by atoms with Gasteiger partial charge in [-0.1, -0.05) is 0 Å². The number of thiazole rings is 1. The van der Waals surface area contributed by atoms with Crippen LogP contribution < -0.4 is 9.47 Å². The number of alkyl halides is 3. The van der Waals surface area contributed by atoms with E-state index in [4.69, 9.17) is 14.2 Å². The van der Waals surface area contributed by atoms with E-state index in [1.54, 1.807) is 12.3 Å². The predicted molar refractivity (Wildman–Crippen MR) is 73.4 cm³/mol. The van der Waals surface area contributed by atoms with E-state index in [1.807, 2.05) is 5.38 Å². The summed E-state index contributed by atoms with van der Waals surface area (Å²) in [7, 11) is 1.49. The minimum atomic E-state index is -4.39. The molecular weight excluding hydrogens is 319 g/mol. The number of rotatable bonds is 5. The fourth-order valence-corrected chi connectivity index (χ4v) is 2.94. The Labute approximate surface area is 128 Å². The molecule has 1 aromatic carbocycles. The van der Waals surface area contributed by atoms with Crippen LogP contribution in [0.5, 0.6) is 11.5 Å². The first kappa shape index (κ1) is 15.1. The van der Waals surface area contributed by atoms with Crippen LogP contribution in [0.4, 0.5) is 13.2 Å². The first-order valence-corrected chi connectivity index (χ1v) is 7.24. The Balaban J connectivity index is 1.93. The van der Waals surface area contributed by atoms with E-state index >= 15 is 0 Å². The molecule has 4 nitrogen and oxygen atoms in total. The lowest BCUT2D eigenvalue weighted by Crippen LogP contribution is -2.19. The summed E-state index contributed by atoms with van der Waals surface area (Å²) in [5.41, 5.74) is -0.137. The highest BCUT2D eigenvalue weighted by molar-refractivity contribution is 7.09. The summed E-state index contributed by atoms with van der Waals surface area (Å²) in [5, 5.41) is 2.55. The lowest BCUT2D eigenvalue weighted by molar-refractivity contribution is -0.153. The third kappa shape index (κ3) is 2.89. The van der Waals surface area contributed by atoms with Crippen LogP contribution in [0.3, 0.4) is 0 Å². The summed E-state index contributed by atoms with van der Waals surface area (Å²) in [6.45, 7) is -0.941. The van der Waals surface area contributed by atoms with Gasteiger partial charge in [0.05, 0.1) is 13.7 Å². The molecule has 1 saturated heterocycles. The Morgan fingerprint density at radius 1 is 1.41 bits per heavy atom. The molecule has 8 heteroatoms. The van der Waals surface area contributed by atoms with Gasteiger partial charge >= 0.3 is 6.18 Å². The van der Waals surface area contributed by atoms with Gasteiger partial charge < -0.3 is 14.2 Å². The number of hydrogen-bond acceptors (Lipinski definition) is 5. The zero-order valence-electron chi connectivity index (χ0n) is 11.5. The maximum atomic E-state index is 12.3. The molecule has 22 heavy (non-hydrogen) atoms. The number of ether oxygens (including phenoxy) is 3. The van der Waals surface area contributed by atoms with Crippen LogP contribution >= 0.6 is 11.3 Å². The Morgan fingerprint density at radius 2 is 2.18 bits per heavy atom. The molecular formula is C14H12F3NO3S. The monoisotopic (exact) mass is 331 g/mol. The molecule has 1 aromatic heterocycles. The van der Waals surface area contributed by atoms with Gasteiger partial charge in [0.1, 0.15) is 16.5 Å². The molecule has 0 spiro atoms. The van der Waals surface area contributed by atoms with Gasteiger partial charge in [0.15, 0.2) is 12.2 Å². The Kier molecular flexibility index (Phi) is 3.73. The number of benzene rings is 1. The fourth-order valence-electron chi connectivity index (χ4n) is 2.15. The molecule has 2 heterocycles. The van der Waals surface area contributed by atoms with E-state index in [9.17, 15) is 13.2 Å². The number of methoxy groups -OCH3 is 1. The van der Waals surface area contributed by atoms with Crippen molar-refractivity contribution in [3.63, 3.8) is 0 Å². The number of hydrogen-bond donors (Lipinski definition) is 0. The highest BCUT2D eigenvalue weighted by Gasteiger charge is 2.52. The zero-order valence-corrected chi connectivity index (χ0v) is 12.3. The van der Waals surface area contributed by atoms with Crippen molar-refractivity contribution in [3.05, 3.63) is 40.3 Å². The van der Waals surface area contributed by atoms with E-state index < -0.39 is 18.4 Å². The second-order valence-electron chi connectivity index (χ2n) is 4.72. The third-order valence-electron chi connectivity index (χ3n) is 3.22. The normalized spacial score (nSPS) is 20.7. The lowest BCUT2D eigenvalue weighted by Gasteiger charge is -2.16. The van der Waals surface area contributed by atoms with Gasteiger partial charge in [-0.3, -0.25) is 0 Å². The van der Waals surface area contributed by atoms with Crippen molar-refractivity contribution < 1.29 is 27.4 Å². The van der Waals surface area contributed by atoms with Gasteiger partial charge in [-0.05, 0) is 18.2 Å². The second-order valence-corrected chi connectivity index (χ2v) is 5.61. The lowest BCUT2D eigenvalue weighted by atomic mass is 9.99. The van der Waals surface area contributed by atoms with Crippen LogP contribution in [0.1, 0.15) is 10.6 Å². The predicted octanol–water partition coefficient (Wildman–Crippen LogP) is 3.37. The summed E-state index contributed by atoms with van der Waals surface area (Å²) in [6, 6.07) is 4.52. The summed E-state index contributed by atoms with van der Waals surface area (Å²) in [4.78, 5) is 4.23. The van der Waals surface area contributed by atoms with E-state index in [0.29, 0.717) is 17.9 Å². The largest absolute Gasteiger partial charge is 0.496 e. The molecule has 1 atom stereocenters. The fraction of sp³-hybridized carbons (Fsp3) is 0.357. The molecule has 0 amide bonds. The Morgan fingerprint density at radius 3 is 2.73 bits per heavy atom. The average molecular weight is 331 g/mol. The minimum Gasteiger partial charge on any atom is -0.496 e. The summed E-state index contributed by atoms with van der Waals surface area (Å²) >= 11 is 1.42. The molecule has 0 aliphatic carbocycles. The van der Waals surface area contributed by atoms with Gasteiger partial charge in [-0.25, -0.2) is 4.98 Å². The Hall–Kier alpha value is -1.80. The smallest absolute Gasteiger partial charge is 0.422 e. The topological polar surface area (TPSA) is 43.9 Å². The van der Waals surface area contributed by atoms with Crippen molar-refractivity contribution in [1.29, 1.82) is 0 Å². The van der Waals surface area contributed by atoms with Gasteiger partial charge in [0.25, 0.3) is 0 Å². The molecule has 0 saturated carbocycles. The molecule has 0 N–H and O–H groups in total. The van der Waals surface area contributed by atoms with E-state index in [2.05, 4.69) is 4.98 Å². The molecule has 2 aromatic rings. The molecule has 3 rings (SSSR count). The van der Waals surface area contributed by atoms with Crippen LogP contribution in [-0.4, -0.2) is 31.5 Å². The van der Waals surface area contributed by atoms with E-state index in [1.165, 1.54) is 30.6 Å². The highest BCUT2D eigenvalue weighted by atomic mass is 32.1. The highest BCUT2D eigenvalue weighted by Crippen LogP contribution is 2.50. The first-order valence-electron chi connectivity index (χ1n) is 6.37. The van der Waals surface area contributed by atoms with Crippen LogP contribution in [0, 0.1) is 0 Å². The van der Waals surface area contributed by atoms with Crippen LogP contribution in [0.25, 0.3) is 0 Å². The zero-order chi connectivity index (χ0) is 15.8. The van der Waals surface area contributed by atoms with Crippen molar-refractivity contribution >= 4 is 11.3 Å². The van der Waals surface area contributed by atoms with Crippen LogP contribution in [0.2, 0.25) is 0 Å². The summed E-state index contributed by atoms with van der Waals surface area (Å²) in [5.74, 6) is 0.631. The molecule has 1 aliphatic rings. The van der Waals surface area contributed by atoms with Crippen molar-refractivity contribution in [2.75, 3.05) is 20.3 Å².